The number of amides is 1. The number of aromatic nitrogens is 2. The van der Waals surface area contributed by atoms with Crippen LogP contribution in [-0.4, -0.2) is 39.2 Å². The number of nitrogens with zero attached hydrogens (tertiary/aromatic N) is 3. The Morgan fingerprint density at radius 2 is 1.85 bits per heavy atom. The Balaban J connectivity index is 1.40. The smallest absolute Gasteiger partial charge is 0.226 e. The number of hydrogen-bond acceptors (Lipinski definition) is 4. The second-order valence-electron chi connectivity index (χ2n) is 9.51. The average Bonchev–Trinajstić information content (AvgIpc) is 2.97. The molecule has 6 nitrogen and oxygen atoms in total. The lowest BCUT2D eigenvalue weighted by atomic mass is 9.76. The van der Waals surface area contributed by atoms with E-state index in [1.165, 1.54) is 23.5 Å². The minimum Gasteiger partial charge on any atom is -0.508 e. The van der Waals surface area contributed by atoms with Crippen molar-refractivity contribution in [3.05, 3.63) is 86.9 Å². The number of benzene rings is 1. The molecule has 176 valence electrons. The zero-order valence-corrected chi connectivity index (χ0v) is 20.8. The summed E-state index contributed by atoms with van der Waals surface area (Å²) in [6.45, 7) is 3.42. The monoisotopic (exact) mass is 522 g/mol. The number of aromatic hydroxyl groups is 1. The van der Waals surface area contributed by atoms with Gasteiger partial charge in [-0.05, 0) is 88.8 Å². The highest BCUT2D eigenvalue weighted by atomic mass is 79.9. The predicted octanol–water partition coefficient (Wildman–Crippen LogP) is 4.09. The molecule has 0 radical (unpaired) electrons. The first kappa shape index (κ1) is 22.8. The van der Waals surface area contributed by atoms with Crippen LogP contribution < -0.4 is 4.73 Å². The van der Waals surface area contributed by atoms with Crippen molar-refractivity contribution in [1.29, 1.82) is 0 Å². The fourth-order valence-corrected chi connectivity index (χ4v) is 5.97. The summed E-state index contributed by atoms with van der Waals surface area (Å²) < 4.78 is 1.95. The zero-order chi connectivity index (χ0) is 23.8. The molecule has 1 aromatic carbocycles. The second kappa shape index (κ2) is 9.37. The number of pyridine rings is 2. The Morgan fingerprint density at radius 3 is 2.59 bits per heavy atom. The van der Waals surface area contributed by atoms with Gasteiger partial charge in [-0.3, -0.25) is 15.0 Å². The number of rotatable bonds is 3. The molecule has 1 unspecified atom stereocenters. The van der Waals surface area contributed by atoms with E-state index < -0.39 is 0 Å². The van der Waals surface area contributed by atoms with Crippen molar-refractivity contribution in [1.82, 2.24) is 9.88 Å². The zero-order valence-electron chi connectivity index (χ0n) is 19.2. The Hall–Kier alpha value is -2.93. The first-order chi connectivity index (χ1) is 16.4. The quantitative estimate of drug-likeness (QED) is 0.401. The van der Waals surface area contributed by atoms with Gasteiger partial charge in [0, 0.05) is 52.1 Å². The molecule has 3 heterocycles. The van der Waals surface area contributed by atoms with Gasteiger partial charge in [-0.15, -0.1) is 0 Å². The van der Waals surface area contributed by atoms with Crippen molar-refractivity contribution >= 4 is 21.8 Å². The van der Waals surface area contributed by atoms with Gasteiger partial charge < -0.3 is 10.0 Å². The molecule has 1 fully saturated rings. The molecule has 1 aliphatic heterocycles. The van der Waals surface area contributed by atoms with E-state index in [1.54, 1.807) is 12.1 Å². The number of carbonyl (C=O) groups is 1. The number of halogens is 1. The molecule has 3 aromatic rings. The summed E-state index contributed by atoms with van der Waals surface area (Å²) >= 11 is 3.58. The van der Waals surface area contributed by atoms with E-state index in [0.29, 0.717) is 31.2 Å². The van der Waals surface area contributed by atoms with Gasteiger partial charge in [0.1, 0.15) is 5.75 Å². The molecule has 7 heteroatoms. The SMILES string of the molecule is Cc1cc(O)c2c(c1)CCc1cc(Br)cnc1C2C1CCN(C(=O)Cc2cc[n+](O)cc2)CC1. The topological polar surface area (TPSA) is 77.5 Å². The molecule has 1 atom stereocenters. The molecule has 2 aliphatic rings. The van der Waals surface area contributed by atoms with E-state index >= 15 is 0 Å². The van der Waals surface area contributed by atoms with Gasteiger partial charge in [0.25, 0.3) is 0 Å². The lowest BCUT2D eigenvalue weighted by Crippen LogP contribution is -2.41. The molecule has 2 aromatic heterocycles. The van der Waals surface area contributed by atoms with Gasteiger partial charge in [-0.25, -0.2) is 0 Å². The maximum atomic E-state index is 12.9. The highest BCUT2D eigenvalue weighted by Crippen LogP contribution is 2.46. The minimum atomic E-state index is 0.0209. The van der Waals surface area contributed by atoms with Crippen molar-refractivity contribution in [3.8, 4) is 5.75 Å². The predicted molar refractivity (Wildman–Crippen MR) is 131 cm³/mol. The first-order valence-corrected chi connectivity index (χ1v) is 12.6. The van der Waals surface area contributed by atoms with Crippen LogP contribution in [0.4, 0.5) is 0 Å². The number of phenolic OH excluding ortho intramolecular Hbond substituents is 1. The Bertz CT molecular complexity index is 1220. The summed E-state index contributed by atoms with van der Waals surface area (Å²) in [4.78, 5) is 19.7. The largest absolute Gasteiger partial charge is 0.508 e. The van der Waals surface area contributed by atoms with Crippen molar-refractivity contribution in [3.63, 3.8) is 0 Å². The number of carbonyl (C=O) groups excluding carboxylic acids is 1. The summed E-state index contributed by atoms with van der Waals surface area (Å²) in [5, 5.41) is 20.4. The number of phenols is 1. The summed E-state index contributed by atoms with van der Waals surface area (Å²) in [5.74, 6) is 0.789. The van der Waals surface area contributed by atoms with Crippen LogP contribution in [0.15, 0.2) is 53.4 Å². The molecule has 0 spiro atoms. The maximum Gasteiger partial charge on any atom is 0.226 e. The normalized spacial score (nSPS) is 18.2. The number of likely N-dealkylation sites (tertiary alicyclic amines) is 1. The molecular weight excluding hydrogens is 494 g/mol. The highest BCUT2D eigenvalue weighted by molar-refractivity contribution is 9.10. The van der Waals surface area contributed by atoms with Crippen LogP contribution in [0.1, 0.15) is 52.3 Å². The molecule has 2 N–H and O–H groups in total. The summed E-state index contributed by atoms with van der Waals surface area (Å²) in [6.07, 6.45) is 8.78. The second-order valence-corrected chi connectivity index (χ2v) is 10.4. The van der Waals surface area contributed by atoms with E-state index in [1.807, 2.05) is 24.1 Å². The van der Waals surface area contributed by atoms with Crippen LogP contribution in [0.5, 0.6) is 5.75 Å². The third-order valence-corrected chi connectivity index (χ3v) is 7.66. The Morgan fingerprint density at radius 1 is 1.15 bits per heavy atom. The number of fused-ring (bicyclic) bond motifs is 2. The van der Waals surface area contributed by atoms with Crippen LogP contribution >= 0.6 is 15.9 Å². The molecule has 1 aliphatic carbocycles. The van der Waals surface area contributed by atoms with E-state index in [-0.39, 0.29) is 11.8 Å². The van der Waals surface area contributed by atoms with Crippen LogP contribution in [0.2, 0.25) is 0 Å². The molecule has 1 saturated heterocycles. The summed E-state index contributed by atoms with van der Waals surface area (Å²) in [6, 6.07) is 9.76. The van der Waals surface area contributed by atoms with E-state index in [4.69, 9.17) is 4.98 Å². The van der Waals surface area contributed by atoms with Gasteiger partial charge in [-0.1, -0.05) is 6.07 Å². The summed E-state index contributed by atoms with van der Waals surface area (Å²) in [7, 11) is 0. The fourth-order valence-electron chi connectivity index (χ4n) is 5.59. The van der Waals surface area contributed by atoms with Crippen LogP contribution in [0, 0.1) is 12.8 Å². The third-order valence-electron chi connectivity index (χ3n) is 7.23. The van der Waals surface area contributed by atoms with Gasteiger partial charge >= 0.3 is 0 Å². The van der Waals surface area contributed by atoms with E-state index in [9.17, 15) is 15.1 Å². The van der Waals surface area contributed by atoms with Gasteiger partial charge in [0.15, 0.2) is 0 Å². The number of aryl methyl sites for hydroxylation is 3. The first-order valence-electron chi connectivity index (χ1n) is 11.8. The van der Waals surface area contributed by atoms with Crippen molar-refractivity contribution in [2.24, 2.45) is 5.92 Å². The maximum absolute atomic E-state index is 12.9. The van der Waals surface area contributed by atoms with Crippen LogP contribution in [0.3, 0.4) is 0 Å². The number of hydrogen-bond donors (Lipinski definition) is 2. The molecule has 1 amide bonds. The Labute approximate surface area is 208 Å². The molecule has 5 rings (SSSR count). The molecule has 0 bridgehead atoms. The molecule has 0 saturated carbocycles. The van der Waals surface area contributed by atoms with Crippen molar-refractivity contribution < 1.29 is 19.8 Å². The van der Waals surface area contributed by atoms with Crippen LogP contribution in [-0.2, 0) is 24.1 Å². The van der Waals surface area contributed by atoms with E-state index in [2.05, 4.69) is 28.1 Å². The van der Waals surface area contributed by atoms with Crippen LogP contribution in [0.25, 0.3) is 0 Å². The van der Waals surface area contributed by atoms with E-state index in [0.717, 1.165) is 57.3 Å². The highest BCUT2D eigenvalue weighted by Gasteiger charge is 2.36. The average molecular weight is 523 g/mol. The van der Waals surface area contributed by atoms with Gasteiger partial charge in [0.2, 0.25) is 18.3 Å². The van der Waals surface area contributed by atoms with Crippen molar-refractivity contribution in [2.45, 2.75) is 44.9 Å². The lowest BCUT2D eigenvalue weighted by molar-refractivity contribution is -0.904. The standard InChI is InChI=1S/C27H28BrN3O3/c1-17-12-20-2-3-21-15-22(28)16-29-27(21)26(25(20)23(32)13-17)19-6-8-30(9-7-19)24(33)14-18-4-10-31(34)11-5-18/h4-5,10-13,15-16,19,26H,2-3,6-9,14H2,1H3,(H-,32,34)/p+1. The minimum absolute atomic E-state index is 0.0209. The molecular formula is C27H29BrN3O3+. The summed E-state index contributed by atoms with van der Waals surface area (Å²) in [5.41, 5.74) is 6.48. The number of piperidine rings is 1. The fraction of sp³-hybridized carbons (Fsp3) is 0.370. The van der Waals surface area contributed by atoms with Gasteiger partial charge in [0.05, 0.1) is 12.1 Å². The Kier molecular flexibility index (Phi) is 6.30. The third kappa shape index (κ3) is 4.53. The van der Waals surface area contributed by atoms with Crippen molar-refractivity contribution in [2.75, 3.05) is 13.1 Å². The lowest BCUT2D eigenvalue weighted by Gasteiger charge is -2.37. The van der Waals surface area contributed by atoms with Gasteiger partial charge in [-0.2, -0.15) is 0 Å². The molecule has 34 heavy (non-hydrogen) atoms.